The van der Waals surface area contributed by atoms with Gasteiger partial charge in [0.05, 0.1) is 0 Å². The first-order valence-corrected chi connectivity index (χ1v) is 12.1. The molecule has 1 aliphatic rings. The number of hydrogen-bond acceptors (Lipinski definition) is 2. The number of rotatable bonds is 1. The fraction of sp³-hybridized carbons (Fsp3) is 0.129. The van der Waals surface area contributed by atoms with E-state index in [1.165, 1.54) is 45.5 Å². The standard InChI is InChI=1S/C18H17N.C13H10N2O.ClH/c19-18-7-3-6-14-16-9-8-12-4-1-2-5-13(12)15(16)10-11-17(14)18;14-13(16)8-5-6-12-10(7-8)9-3-1-2-4-11(9)15-12;/h1-2,4-5,8-11,18H,3,6-7,19H2;1-7,15H,(H2,14,16);1H. The van der Waals surface area contributed by atoms with Crippen molar-refractivity contribution in [3.63, 3.8) is 0 Å². The van der Waals surface area contributed by atoms with Crippen LogP contribution in [0, 0.1) is 0 Å². The van der Waals surface area contributed by atoms with Crippen molar-refractivity contribution in [3.05, 3.63) is 108 Å². The van der Waals surface area contributed by atoms with Gasteiger partial charge >= 0.3 is 0 Å². The van der Waals surface area contributed by atoms with Crippen LogP contribution < -0.4 is 11.5 Å². The molecule has 0 aliphatic heterocycles. The minimum absolute atomic E-state index is 0. The summed E-state index contributed by atoms with van der Waals surface area (Å²) in [6.07, 6.45) is 3.49. The molecule has 0 radical (unpaired) electrons. The first-order valence-electron chi connectivity index (χ1n) is 12.1. The Kier molecular flexibility index (Phi) is 6.40. The Labute approximate surface area is 215 Å². The molecule has 1 unspecified atom stereocenters. The number of benzene rings is 5. The van der Waals surface area contributed by atoms with Crippen LogP contribution in [0.15, 0.2) is 91.0 Å². The summed E-state index contributed by atoms with van der Waals surface area (Å²) in [5, 5.41) is 7.57. The summed E-state index contributed by atoms with van der Waals surface area (Å²) < 4.78 is 0. The quantitative estimate of drug-likeness (QED) is 0.212. The molecule has 4 nitrogen and oxygen atoms in total. The van der Waals surface area contributed by atoms with Gasteiger partial charge in [-0.25, -0.2) is 0 Å². The number of carbonyl (C=O) groups is 1. The van der Waals surface area contributed by atoms with Gasteiger partial charge in [0, 0.05) is 33.4 Å². The SMILES string of the molecule is Cl.NC(=O)c1ccc2[nH]c3ccccc3c2c1.NC1CCCc2c1ccc1c2ccc2ccccc21. The first kappa shape index (κ1) is 23.9. The van der Waals surface area contributed by atoms with E-state index in [-0.39, 0.29) is 18.4 Å². The molecule has 5 aromatic carbocycles. The number of aryl methyl sites for hydroxylation is 1. The first-order chi connectivity index (χ1) is 17.1. The number of nitrogens with one attached hydrogen (secondary N) is 1. The Bertz CT molecular complexity index is 1740. The number of primary amides is 1. The number of aromatic nitrogens is 1. The lowest BCUT2D eigenvalue weighted by Gasteiger charge is -2.24. The molecule has 0 bridgehead atoms. The highest BCUT2D eigenvalue weighted by Gasteiger charge is 2.19. The number of carbonyl (C=O) groups excluding carboxylic acids is 1. The van der Waals surface area contributed by atoms with Crippen molar-refractivity contribution < 1.29 is 4.79 Å². The average molecular weight is 494 g/mol. The summed E-state index contributed by atoms with van der Waals surface area (Å²) in [6, 6.07) is 31.3. The Morgan fingerprint density at radius 3 is 2.31 bits per heavy atom. The number of amides is 1. The summed E-state index contributed by atoms with van der Waals surface area (Å²) in [5.41, 5.74) is 17.0. The van der Waals surface area contributed by atoms with E-state index < -0.39 is 5.91 Å². The third-order valence-corrected chi connectivity index (χ3v) is 7.21. The number of H-pyrrole nitrogens is 1. The maximum atomic E-state index is 11.1. The van der Waals surface area contributed by atoms with Crippen LogP contribution >= 0.6 is 12.4 Å². The fourth-order valence-corrected chi connectivity index (χ4v) is 5.45. The molecule has 5 heteroatoms. The third-order valence-electron chi connectivity index (χ3n) is 7.21. The summed E-state index contributed by atoms with van der Waals surface area (Å²) in [5.74, 6) is -0.396. The molecular formula is C31H28ClN3O. The van der Waals surface area contributed by atoms with Crippen LogP contribution in [0.4, 0.5) is 0 Å². The zero-order chi connectivity index (χ0) is 23.9. The van der Waals surface area contributed by atoms with Gasteiger partial charge in [0.2, 0.25) is 5.91 Å². The molecule has 0 saturated heterocycles. The zero-order valence-electron chi connectivity index (χ0n) is 19.8. The molecule has 1 heterocycles. The van der Waals surface area contributed by atoms with Crippen molar-refractivity contribution in [3.8, 4) is 0 Å². The van der Waals surface area contributed by atoms with E-state index in [9.17, 15) is 4.79 Å². The molecule has 1 aliphatic carbocycles. The van der Waals surface area contributed by atoms with Gasteiger partial charge in [-0.1, -0.05) is 66.7 Å². The summed E-state index contributed by atoms with van der Waals surface area (Å²) in [6.45, 7) is 0. The highest BCUT2D eigenvalue weighted by Crippen LogP contribution is 2.36. The fourth-order valence-electron chi connectivity index (χ4n) is 5.45. The van der Waals surface area contributed by atoms with Gasteiger partial charge in [0.1, 0.15) is 0 Å². The van der Waals surface area contributed by atoms with Crippen molar-refractivity contribution >= 4 is 61.7 Å². The van der Waals surface area contributed by atoms with Gasteiger partial charge in [-0.15, -0.1) is 12.4 Å². The Morgan fingerprint density at radius 1 is 0.750 bits per heavy atom. The van der Waals surface area contributed by atoms with Gasteiger partial charge in [-0.05, 0) is 76.2 Å². The number of fused-ring (bicyclic) bond motifs is 8. The number of para-hydroxylation sites is 1. The second kappa shape index (κ2) is 9.65. The minimum Gasteiger partial charge on any atom is -0.366 e. The summed E-state index contributed by atoms with van der Waals surface area (Å²) in [7, 11) is 0. The number of hydrogen-bond donors (Lipinski definition) is 3. The number of aromatic amines is 1. The molecule has 6 aromatic rings. The van der Waals surface area contributed by atoms with Crippen LogP contribution in [0.5, 0.6) is 0 Å². The van der Waals surface area contributed by atoms with Crippen LogP contribution in [-0.4, -0.2) is 10.9 Å². The number of halogens is 1. The normalized spacial score (nSPS) is 14.8. The zero-order valence-corrected chi connectivity index (χ0v) is 20.6. The van der Waals surface area contributed by atoms with E-state index in [0.717, 1.165) is 28.2 Å². The number of nitrogens with two attached hydrogens (primary N) is 2. The van der Waals surface area contributed by atoms with Gasteiger partial charge in [-0.3, -0.25) is 4.79 Å². The molecule has 0 saturated carbocycles. The Morgan fingerprint density at radius 2 is 1.47 bits per heavy atom. The van der Waals surface area contributed by atoms with Crippen molar-refractivity contribution in [2.24, 2.45) is 11.5 Å². The summed E-state index contributed by atoms with van der Waals surface area (Å²) >= 11 is 0. The van der Waals surface area contributed by atoms with E-state index in [0.29, 0.717) is 5.56 Å². The average Bonchev–Trinajstić information content (AvgIpc) is 3.27. The Balaban J connectivity index is 0.000000146. The van der Waals surface area contributed by atoms with Gasteiger partial charge in [-0.2, -0.15) is 0 Å². The van der Waals surface area contributed by atoms with Crippen LogP contribution in [0.2, 0.25) is 0 Å². The molecule has 180 valence electrons. The molecule has 1 amide bonds. The maximum absolute atomic E-state index is 11.1. The van der Waals surface area contributed by atoms with Crippen LogP contribution in [0.1, 0.15) is 40.4 Å². The van der Waals surface area contributed by atoms with Gasteiger partial charge in [0.25, 0.3) is 0 Å². The maximum Gasteiger partial charge on any atom is 0.248 e. The van der Waals surface area contributed by atoms with E-state index in [4.69, 9.17) is 11.5 Å². The molecule has 5 N–H and O–H groups in total. The third kappa shape index (κ3) is 4.09. The molecule has 0 spiro atoms. The molecule has 0 fully saturated rings. The van der Waals surface area contributed by atoms with E-state index in [1.54, 1.807) is 6.07 Å². The molecule has 1 aromatic heterocycles. The monoisotopic (exact) mass is 493 g/mol. The molecule has 7 rings (SSSR count). The van der Waals surface area contributed by atoms with Crippen molar-refractivity contribution in [1.29, 1.82) is 0 Å². The second-order valence-electron chi connectivity index (χ2n) is 9.31. The largest absolute Gasteiger partial charge is 0.366 e. The lowest BCUT2D eigenvalue weighted by atomic mass is 9.84. The molecular weight excluding hydrogens is 466 g/mol. The second-order valence-corrected chi connectivity index (χ2v) is 9.31. The molecule has 1 atom stereocenters. The van der Waals surface area contributed by atoms with Crippen molar-refractivity contribution in [1.82, 2.24) is 4.98 Å². The predicted molar refractivity (Wildman–Crippen MR) is 153 cm³/mol. The van der Waals surface area contributed by atoms with Crippen molar-refractivity contribution in [2.45, 2.75) is 25.3 Å². The van der Waals surface area contributed by atoms with E-state index in [2.05, 4.69) is 53.5 Å². The van der Waals surface area contributed by atoms with Crippen LogP contribution in [0.3, 0.4) is 0 Å². The van der Waals surface area contributed by atoms with E-state index in [1.807, 2.05) is 36.4 Å². The topological polar surface area (TPSA) is 84.9 Å². The van der Waals surface area contributed by atoms with Crippen LogP contribution in [-0.2, 0) is 6.42 Å². The lowest BCUT2D eigenvalue weighted by Crippen LogP contribution is -2.17. The minimum atomic E-state index is -0.396. The highest BCUT2D eigenvalue weighted by atomic mass is 35.5. The smallest absolute Gasteiger partial charge is 0.248 e. The predicted octanol–water partition coefficient (Wildman–Crippen LogP) is 7.17. The Hall–Kier alpha value is -3.86. The van der Waals surface area contributed by atoms with Gasteiger partial charge < -0.3 is 16.5 Å². The molecule has 36 heavy (non-hydrogen) atoms. The lowest BCUT2D eigenvalue weighted by molar-refractivity contribution is 0.100. The van der Waals surface area contributed by atoms with Crippen molar-refractivity contribution in [2.75, 3.05) is 0 Å². The van der Waals surface area contributed by atoms with Crippen LogP contribution in [0.25, 0.3) is 43.4 Å². The van der Waals surface area contributed by atoms with E-state index >= 15 is 0 Å². The highest BCUT2D eigenvalue weighted by molar-refractivity contribution is 6.10. The summed E-state index contributed by atoms with van der Waals surface area (Å²) in [4.78, 5) is 14.4. The van der Waals surface area contributed by atoms with Gasteiger partial charge in [0.15, 0.2) is 0 Å².